The van der Waals surface area contributed by atoms with E-state index < -0.39 is 30.0 Å². The maximum Gasteiger partial charge on any atom is 0.406 e. The molecule has 82 valence electrons. The maximum atomic E-state index is 12.8. The highest BCUT2D eigenvalue weighted by atomic mass is 19.4. The summed E-state index contributed by atoms with van der Waals surface area (Å²) >= 11 is 0. The number of carbonyl (C=O) groups excluding carboxylic acids is 1. The Bertz CT molecular complexity index is 241. The molecule has 0 aromatic carbocycles. The summed E-state index contributed by atoms with van der Waals surface area (Å²) < 4.78 is 42.5. The molecule has 0 bridgehead atoms. The molecule has 0 aliphatic carbocycles. The Kier molecular flexibility index (Phi) is 2.76. The molecule has 1 heterocycles. The first kappa shape index (κ1) is 11.3. The van der Waals surface area contributed by atoms with Crippen LogP contribution in [0.15, 0.2) is 0 Å². The van der Waals surface area contributed by atoms with E-state index in [1.54, 1.807) is 0 Å². The fourth-order valence-electron chi connectivity index (χ4n) is 1.79. The first-order chi connectivity index (χ1) is 6.36. The van der Waals surface area contributed by atoms with Gasteiger partial charge in [-0.3, -0.25) is 4.79 Å². The van der Waals surface area contributed by atoms with Crippen molar-refractivity contribution in [1.29, 1.82) is 0 Å². The number of hydrogen-bond donors (Lipinski definition) is 1. The third-order valence-electron chi connectivity index (χ3n) is 2.75. The third-order valence-corrected chi connectivity index (χ3v) is 2.75. The van der Waals surface area contributed by atoms with Crippen LogP contribution in [-0.4, -0.2) is 32.3 Å². The van der Waals surface area contributed by atoms with E-state index in [-0.39, 0.29) is 6.54 Å². The van der Waals surface area contributed by atoms with Crippen molar-refractivity contribution in [3.63, 3.8) is 0 Å². The van der Waals surface area contributed by atoms with Crippen LogP contribution in [0.2, 0.25) is 0 Å². The number of carbonyl (C=O) groups is 1. The summed E-state index contributed by atoms with van der Waals surface area (Å²) in [6.07, 6.45) is -4.57. The summed E-state index contributed by atoms with van der Waals surface area (Å²) in [5.74, 6) is -2.00. The standard InChI is InChI=1S/C8H12F3NO2/c1-5-3-12-4-7(5,6(13)14-2)8(9,10)11/h5,12H,3-4H2,1-2H3/t5-,7+/m1/s1. The number of nitrogens with one attached hydrogen (secondary N) is 1. The molecule has 0 amide bonds. The molecule has 0 aromatic rings. The fraction of sp³-hybridized carbons (Fsp3) is 0.875. The zero-order valence-electron chi connectivity index (χ0n) is 7.94. The lowest BCUT2D eigenvalue weighted by Crippen LogP contribution is -2.50. The lowest BCUT2D eigenvalue weighted by molar-refractivity contribution is -0.237. The topological polar surface area (TPSA) is 38.3 Å². The molecular formula is C8H12F3NO2. The second-order valence-corrected chi connectivity index (χ2v) is 3.49. The molecular weight excluding hydrogens is 199 g/mol. The van der Waals surface area contributed by atoms with Gasteiger partial charge >= 0.3 is 12.1 Å². The Morgan fingerprint density at radius 3 is 2.43 bits per heavy atom. The average molecular weight is 211 g/mol. The highest BCUT2D eigenvalue weighted by Gasteiger charge is 2.66. The normalized spacial score (nSPS) is 33.1. The highest BCUT2D eigenvalue weighted by Crippen LogP contribution is 2.47. The highest BCUT2D eigenvalue weighted by molar-refractivity contribution is 5.79. The number of esters is 1. The van der Waals surface area contributed by atoms with Crippen LogP contribution < -0.4 is 5.32 Å². The van der Waals surface area contributed by atoms with E-state index in [1.165, 1.54) is 6.92 Å². The zero-order chi connectivity index (χ0) is 11.0. The summed E-state index contributed by atoms with van der Waals surface area (Å²) in [5, 5.41) is 2.56. The molecule has 1 N–H and O–H groups in total. The second-order valence-electron chi connectivity index (χ2n) is 3.49. The molecule has 0 unspecified atom stereocenters. The quantitative estimate of drug-likeness (QED) is 0.656. The largest absolute Gasteiger partial charge is 0.468 e. The van der Waals surface area contributed by atoms with Crippen LogP contribution >= 0.6 is 0 Å². The third kappa shape index (κ3) is 1.37. The lowest BCUT2D eigenvalue weighted by atomic mass is 9.78. The molecule has 2 atom stereocenters. The molecule has 1 rings (SSSR count). The van der Waals surface area contributed by atoms with Crippen molar-refractivity contribution in [2.75, 3.05) is 20.2 Å². The number of rotatable bonds is 1. The van der Waals surface area contributed by atoms with E-state index in [4.69, 9.17) is 0 Å². The zero-order valence-corrected chi connectivity index (χ0v) is 7.94. The molecule has 1 aliphatic heterocycles. The number of alkyl halides is 3. The van der Waals surface area contributed by atoms with Crippen molar-refractivity contribution < 1.29 is 22.7 Å². The van der Waals surface area contributed by atoms with Crippen molar-refractivity contribution in [1.82, 2.24) is 5.32 Å². The summed E-state index contributed by atoms with van der Waals surface area (Å²) in [5.41, 5.74) is -2.37. The first-order valence-electron chi connectivity index (χ1n) is 4.22. The van der Waals surface area contributed by atoms with Gasteiger partial charge < -0.3 is 10.1 Å². The van der Waals surface area contributed by atoms with E-state index in [0.29, 0.717) is 0 Å². The van der Waals surface area contributed by atoms with Crippen molar-refractivity contribution in [2.24, 2.45) is 11.3 Å². The van der Waals surface area contributed by atoms with Gasteiger partial charge in [0.1, 0.15) is 0 Å². The van der Waals surface area contributed by atoms with Crippen LogP contribution in [0.5, 0.6) is 0 Å². The van der Waals surface area contributed by atoms with Gasteiger partial charge in [-0.05, 0) is 12.5 Å². The predicted octanol–water partition coefficient (Wildman–Crippen LogP) is 0.947. The van der Waals surface area contributed by atoms with E-state index >= 15 is 0 Å². The van der Waals surface area contributed by atoms with Gasteiger partial charge in [-0.2, -0.15) is 13.2 Å². The molecule has 3 nitrogen and oxygen atoms in total. The molecule has 1 saturated heterocycles. The number of hydrogen-bond acceptors (Lipinski definition) is 3. The van der Waals surface area contributed by atoms with Crippen LogP contribution in [0.3, 0.4) is 0 Å². The van der Waals surface area contributed by atoms with E-state index in [0.717, 1.165) is 7.11 Å². The van der Waals surface area contributed by atoms with Gasteiger partial charge in [0.15, 0.2) is 5.41 Å². The molecule has 0 spiro atoms. The molecule has 6 heteroatoms. The number of methoxy groups -OCH3 is 1. The Hall–Kier alpha value is -0.780. The molecule has 0 radical (unpaired) electrons. The second kappa shape index (κ2) is 3.42. The molecule has 14 heavy (non-hydrogen) atoms. The van der Waals surface area contributed by atoms with Crippen molar-refractivity contribution >= 4 is 5.97 Å². The van der Waals surface area contributed by atoms with Crippen LogP contribution in [0.1, 0.15) is 6.92 Å². The van der Waals surface area contributed by atoms with Gasteiger partial charge in [-0.25, -0.2) is 0 Å². The van der Waals surface area contributed by atoms with Crippen LogP contribution in [-0.2, 0) is 9.53 Å². The Labute approximate surface area is 79.6 Å². The minimum absolute atomic E-state index is 0.175. The number of ether oxygens (including phenoxy) is 1. The molecule has 1 fully saturated rings. The van der Waals surface area contributed by atoms with Gasteiger partial charge in [-0.15, -0.1) is 0 Å². The van der Waals surface area contributed by atoms with Crippen LogP contribution in [0, 0.1) is 11.3 Å². The molecule has 0 aromatic heterocycles. The van der Waals surface area contributed by atoms with E-state index in [1.807, 2.05) is 0 Å². The van der Waals surface area contributed by atoms with E-state index in [2.05, 4.69) is 10.1 Å². The van der Waals surface area contributed by atoms with Gasteiger partial charge in [0.25, 0.3) is 0 Å². The van der Waals surface area contributed by atoms with E-state index in [9.17, 15) is 18.0 Å². The smallest absolute Gasteiger partial charge is 0.406 e. The van der Waals surface area contributed by atoms with Gasteiger partial charge in [0.2, 0.25) is 0 Å². The van der Waals surface area contributed by atoms with Crippen molar-refractivity contribution in [3.8, 4) is 0 Å². The Morgan fingerprint density at radius 2 is 2.14 bits per heavy atom. The van der Waals surface area contributed by atoms with Crippen LogP contribution in [0.4, 0.5) is 13.2 Å². The predicted molar refractivity (Wildman–Crippen MR) is 42.5 cm³/mol. The maximum absolute atomic E-state index is 12.8. The monoisotopic (exact) mass is 211 g/mol. The lowest BCUT2D eigenvalue weighted by Gasteiger charge is -2.31. The molecule has 0 saturated carbocycles. The first-order valence-corrected chi connectivity index (χ1v) is 4.22. The van der Waals surface area contributed by atoms with Gasteiger partial charge in [0.05, 0.1) is 7.11 Å². The summed E-state index contributed by atoms with van der Waals surface area (Å²) in [6, 6.07) is 0. The minimum atomic E-state index is -4.57. The SMILES string of the molecule is COC(=O)[C@]1(C(F)(F)F)CNC[C@H]1C. The van der Waals surface area contributed by atoms with Crippen molar-refractivity contribution in [2.45, 2.75) is 13.1 Å². The number of halogens is 3. The summed E-state index contributed by atoms with van der Waals surface area (Å²) in [4.78, 5) is 11.2. The fourth-order valence-corrected chi connectivity index (χ4v) is 1.79. The van der Waals surface area contributed by atoms with Gasteiger partial charge in [-0.1, -0.05) is 6.92 Å². The average Bonchev–Trinajstić information content (AvgIpc) is 2.45. The Morgan fingerprint density at radius 1 is 1.57 bits per heavy atom. The summed E-state index contributed by atoms with van der Waals surface area (Å²) in [7, 11) is 0.973. The minimum Gasteiger partial charge on any atom is -0.468 e. The molecule has 1 aliphatic rings. The van der Waals surface area contributed by atoms with Crippen LogP contribution in [0.25, 0.3) is 0 Å². The van der Waals surface area contributed by atoms with Gasteiger partial charge in [0, 0.05) is 6.54 Å². The Balaban J connectivity index is 3.08. The summed E-state index contributed by atoms with van der Waals surface area (Å²) in [6.45, 7) is 1.17. The van der Waals surface area contributed by atoms with Crippen molar-refractivity contribution in [3.05, 3.63) is 0 Å².